The van der Waals surface area contributed by atoms with E-state index in [0.717, 1.165) is 21.0 Å². The summed E-state index contributed by atoms with van der Waals surface area (Å²) < 4.78 is 15.5. The Hall–Kier alpha value is -3.89. The van der Waals surface area contributed by atoms with Gasteiger partial charge in [0.2, 0.25) is 17.7 Å². The van der Waals surface area contributed by atoms with Crippen molar-refractivity contribution in [3.8, 4) is 10.4 Å². The second-order valence-corrected chi connectivity index (χ2v) is 14.1. The van der Waals surface area contributed by atoms with E-state index in [0.29, 0.717) is 18.4 Å². The van der Waals surface area contributed by atoms with E-state index < -0.39 is 71.7 Å². The number of carbonyl (C=O) groups is 4. The maximum absolute atomic E-state index is 15.5. The molecule has 13 heteroatoms. The van der Waals surface area contributed by atoms with Crippen molar-refractivity contribution >= 4 is 35.0 Å². The molecule has 1 aromatic heterocycles. The van der Waals surface area contributed by atoms with Crippen LogP contribution in [0.5, 0.6) is 0 Å². The molecule has 2 aromatic rings. The first-order valence-electron chi connectivity index (χ1n) is 15.0. The molecule has 4 N–H and O–H groups in total. The molecule has 1 aliphatic heterocycles. The molecule has 0 spiro atoms. The quantitative estimate of drug-likeness (QED) is 0.294. The van der Waals surface area contributed by atoms with Crippen LogP contribution in [0.25, 0.3) is 15.3 Å². The maximum atomic E-state index is 15.5. The molecule has 45 heavy (non-hydrogen) atoms. The monoisotopic (exact) mass is 640 g/mol. The number of aliphatic hydroxyl groups excluding tert-OH is 1. The third kappa shape index (κ3) is 7.68. The Labute approximate surface area is 266 Å². The van der Waals surface area contributed by atoms with Crippen molar-refractivity contribution in [3.05, 3.63) is 52.5 Å². The Morgan fingerprint density at radius 3 is 2.33 bits per heavy atom. The first kappa shape index (κ1) is 34.0. The highest BCUT2D eigenvalue weighted by Gasteiger charge is 2.59. The fraction of sp³-hybridized carbons (Fsp3) is 0.562. The lowest BCUT2D eigenvalue weighted by Gasteiger charge is -2.31. The van der Waals surface area contributed by atoms with E-state index in [1.54, 1.807) is 31.5 Å². The highest BCUT2D eigenvalue weighted by Crippen LogP contribution is 2.40. The van der Waals surface area contributed by atoms with Gasteiger partial charge in [-0.3, -0.25) is 24.0 Å². The molecule has 2 aliphatic rings. The van der Waals surface area contributed by atoms with Crippen LogP contribution in [0.4, 0.5) is 4.39 Å². The highest BCUT2D eigenvalue weighted by molar-refractivity contribution is 7.13. The summed E-state index contributed by atoms with van der Waals surface area (Å²) in [4.78, 5) is 63.0. The van der Waals surface area contributed by atoms with Gasteiger partial charge in [-0.2, -0.15) is 0 Å². The number of nitrogens with one attached hydrogen (secondary N) is 3. The predicted molar refractivity (Wildman–Crippen MR) is 167 cm³/mol. The normalized spacial score (nSPS) is 21.9. The summed E-state index contributed by atoms with van der Waals surface area (Å²) in [6.07, 6.45) is -3.12. The number of amides is 4. The van der Waals surface area contributed by atoms with Crippen LogP contribution < -0.4 is 16.0 Å². The molecule has 4 amide bonds. The zero-order valence-corrected chi connectivity index (χ0v) is 27.2. The molecule has 5 atom stereocenters. The smallest absolute Gasteiger partial charge is 0.309 e. The Morgan fingerprint density at radius 2 is 1.82 bits per heavy atom. The van der Waals surface area contributed by atoms with Gasteiger partial charge >= 0.3 is 11.4 Å². The van der Waals surface area contributed by atoms with Crippen molar-refractivity contribution < 1.29 is 28.7 Å². The van der Waals surface area contributed by atoms with Crippen molar-refractivity contribution in [2.75, 3.05) is 6.54 Å². The number of nitrogens with zero attached hydrogens (tertiary/aromatic N) is 3. The summed E-state index contributed by atoms with van der Waals surface area (Å²) in [5.41, 5.74) is 2.38. The fourth-order valence-corrected chi connectivity index (χ4v) is 6.21. The van der Waals surface area contributed by atoms with E-state index in [1.807, 2.05) is 39.8 Å². The minimum Gasteiger partial charge on any atom is -0.388 e. The number of aliphatic hydroxyl groups is 1. The molecule has 2 fully saturated rings. The second-order valence-electron chi connectivity index (χ2n) is 13.2. The number of hydrogen-bond acceptors (Lipinski definition) is 7. The Bertz CT molecular complexity index is 1480. The largest absolute Gasteiger partial charge is 0.388 e. The van der Waals surface area contributed by atoms with E-state index in [4.69, 9.17) is 6.57 Å². The molecule has 11 nitrogen and oxygen atoms in total. The summed E-state index contributed by atoms with van der Waals surface area (Å²) >= 11 is 1.49. The summed E-state index contributed by atoms with van der Waals surface area (Å²) in [6, 6.07) is 3.55. The van der Waals surface area contributed by atoms with Crippen molar-refractivity contribution in [2.45, 2.75) is 102 Å². The third-order valence-corrected chi connectivity index (χ3v) is 9.04. The van der Waals surface area contributed by atoms with Crippen LogP contribution in [0.2, 0.25) is 0 Å². The van der Waals surface area contributed by atoms with Crippen molar-refractivity contribution in [1.82, 2.24) is 25.8 Å². The lowest BCUT2D eigenvalue weighted by atomic mass is 9.98. The molecule has 2 heterocycles. The number of rotatable bonds is 10. The molecule has 4 rings (SSSR count). The molecule has 0 radical (unpaired) electrons. The lowest BCUT2D eigenvalue weighted by molar-refractivity contribution is -0.143. The summed E-state index contributed by atoms with van der Waals surface area (Å²) in [7, 11) is 0. The van der Waals surface area contributed by atoms with Crippen molar-refractivity contribution in [1.29, 1.82) is 0 Å². The molecule has 242 valence electrons. The van der Waals surface area contributed by atoms with Crippen LogP contribution in [0.15, 0.2) is 29.8 Å². The predicted octanol–water partition coefficient (Wildman–Crippen LogP) is 3.08. The van der Waals surface area contributed by atoms with Gasteiger partial charge in [0, 0.05) is 18.4 Å². The van der Waals surface area contributed by atoms with E-state index >= 15 is 4.39 Å². The number of benzene rings is 1. The minimum atomic E-state index is -2.10. The molecule has 1 aromatic carbocycles. The fourth-order valence-electron chi connectivity index (χ4n) is 5.40. The van der Waals surface area contributed by atoms with Crippen LogP contribution in [0.1, 0.15) is 71.2 Å². The number of aromatic nitrogens is 1. The van der Waals surface area contributed by atoms with Gasteiger partial charge in [0.1, 0.15) is 18.2 Å². The third-order valence-electron chi connectivity index (χ3n) is 8.06. The number of β-amino-alcohol motifs (C(OH)–C–C–N with tert-alkyl or cyclic N) is 1. The number of aryl methyl sites for hydroxylation is 1. The van der Waals surface area contributed by atoms with E-state index in [2.05, 4.69) is 25.8 Å². The van der Waals surface area contributed by atoms with Crippen LogP contribution in [-0.2, 0) is 19.2 Å². The Balaban J connectivity index is 1.59. The molecule has 1 aliphatic carbocycles. The first-order valence-corrected chi connectivity index (χ1v) is 15.9. The number of carbonyl (C=O) groups excluding carboxylic acids is 4. The van der Waals surface area contributed by atoms with Crippen LogP contribution in [-0.4, -0.2) is 80.6 Å². The maximum Gasteiger partial charge on any atom is 0.309 e. The van der Waals surface area contributed by atoms with Crippen LogP contribution in [0, 0.1) is 19.4 Å². The van der Waals surface area contributed by atoms with Crippen LogP contribution in [0.3, 0.4) is 0 Å². The van der Waals surface area contributed by atoms with Gasteiger partial charge in [-0.25, -0.2) is 15.9 Å². The van der Waals surface area contributed by atoms with Crippen molar-refractivity contribution in [3.63, 3.8) is 0 Å². The number of hydrogen-bond donors (Lipinski definition) is 4. The topological polar surface area (TPSA) is 145 Å². The second kappa shape index (κ2) is 13.2. The molecule has 0 bridgehead atoms. The molecule has 1 saturated heterocycles. The van der Waals surface area contributed by atoms with Gasteiger partial charge in [0.15, 0.2) is 6.17 Å². The van der Waals surface area contributed by atoms with Gasteiger partial charge in [0.05, 0.1) is 35.1 Å². The average molecular weight is 641 g/mol. The van der Waals surface area contributed by atoms with Gasteiger partial charge in [-0.15, -0.1) is 11.3 Å². The zero-order chi connectivity index (χ0) is 33.3. The number of thiazole rings is 1. The number of alkyl halides is 1. The summed E-state index contributed by atoms with van der Waals surface area (Å²) in [6.45, 7) is 17.7. The Kier molecular flexibility index (Phi) is 9.99. The van der Waals surface area contributed by atoms with Gasteiger partial charge in [0.25, 0.3) is 0 Å². The van der Waals surface area contributed by atoms with Crippen LogP contribution >= 0.6 is 11.3 Å². The zero-order valence-electron chi connectivity index (χ0n) is 26.4. The summed E-state index contributed by atoms with van der Waals surface area (Å²) in [5.74, 6) is -2.98. The van der Waals surface area contributed by atoms with Gasteiger partial charge < -0.3 is 26.0 Å². The highest BCUT2D eigenvalue weighted by atomic mass is 32.1. The molecule has 1 saturated carbocycles. The van der Waals surface area contributed by atoms with Gasteiger partial charge in [-0.05, 0) is 44.7 Å². The first-order chi connectivity index (χ1) is 21.1. The van der Waals surface area contributed by atoms with E-state index in [9.17, 15) is 24.3 Å². The number of likely N-dealkylation sites (tertiary alicyclic amines) is 1. The molecular formula is C32H41FN6O5S. The van der Waals surface area contributed by atoms with Gasteiger partial charge in [-0.1, -0.05) is 38.1 Å². The van der Waals surface area contributed by atoms with Crippen molar-refractivity contribution in [2.24, 2.45) is 5.92 Å². The number of halogens is 1. The average Bonchev–Trinajstić information content (AvgIpc) is 3.56. The van der Waals surface area contributed by atoms with E-state index in [1.165, 1.54) is 11.3 Å². The minimum absolute atomic E-state index is 0.161. The molecular weight excluding hydrogens is 599 g/mol. The van der Waals surface area contributed by atoms with E-state index in [-0.39, 0.29) is 12.3 Å². The lowest BCUT2D eigenvalue weighted by Crippen LogP contribution is -2.58. The standard InChI is InChI=1S/C32H41FN6O5S/c1-17(2)25(37-30(44)32(34-7)12-13-32)29(43)39-15-22(40)24(33)26(39)28(42)36-21(14-23(41)38-31(4,5)6)19-8-10-20(11-9-19)27-18(3)35-16-45-27/h8-11,16-17,21-22,24-26,40H,12-15H2,1-6H3,(H,36,42)(H,37,44)(H,38,41)/t21-,22-,24-,25-,26-/m0/s1. The Morgan fingerprint density at radius 1 is 1.18 bits per heavy atom. The SMILES string of the molecule is [C-]#[N+]C1(C(=O)N[C@H](C(=O)N2C[C@H](O)[C@H](F)[C@H]2C(=O)N[C@@H](CC(=O)NC(C)(C)C)c2ccc(-c3scnc3C)cc2)C(C)C)CC1. The summed E-state index contributed by atoms with van der Waals surface area (Å²) in [5, 5.41) is 18.7. The molecule has 0 unspecified atom stereocenters.